The highest BCUT2D eigenvalue weighted by Gasteiger charge is 2.19. The van der Waals surface area contributed by atoms with Crippen LogP contribution in [0.25, 0.3) is 0 Å². The molecular formula is C69H116O6. The van der Waals surface area contributed by atoms with E-state index in [9.17, 15) is 14.4 Å². The molecule has 0 bridgehead atoms. The summed E-state index contributed by atoms with van der Waals surface area (Å²) in [5.74, 6) is -0.909. The van der Waals surface area contributed by atoms with E-state index in [2.05, 4.69) is 130 Å². The lowest BCUT2D eigenvalue weighted by Crippen LogP contribution is -2.30. The van der Waals surface area contributed by atoms with Crippen LogP contribution in [0.2, 0.25) is 0 Å². The van der Waals surface area contributed by atoms with Crippen molar-refractivity contribution in [2.45, 2.75) is 297 Å². The van der Waals surface area contributed by atoms with Crippen LogP contribution in [0.15, 0.2) is 109 Å². The average molecular weight is 1040 g/mol. The number of carbonyl (C=O) groups is 3. The summed E-state index contributed by atoms with van der Waals surface area (Å²) in [6.45, 7) is 6.41. The molecule has 0 aliphatic carbocycles. The molecular weight excluding hydrogens is 925 g/mol. The first-order valence-corrected chi connectivity index (χ1v) is 31.4. The zero-order chi connectivity index (χ0) is 54.3. The summed E-state index contributed by atoms with van der Waals surface area (Å²) in [5, 5.41) is 0. The second-order valence-corrected chi connectivity index (χ2v) is 20.5. The van der Waals surface area contributed by atoms with Gasteiger partial charge >= 0.3 is 17.9 Å². The first-order chi connectivity index (χ1) is 37.0. The molecule has 0 radical (unpaired) electrons. The third-order valence-corrected chi connectivity index (χ3v) is 13.2. The molecule has 1 unspecified atom stereocenters. The fraction of sp³-hybridized carbons (Fsp3) is 0.696. The van der Waals surface area contributed by atoms with Crippen LogP contribution in [0.5, 0.6) is 0 Å². The van der Waals surface area contributed by atoms with Crippen LogP contribution in [0, 0.1) is 0 Å². The third-order valence-electron chi connectivity index (χ3n) is 13.2. The maximum atomic E-state index is 12.9. The molecule has 0 aliphatic heterocycles. The standard InChI is InChI=1S/C69H116O6/c1-4-7-10-13-16-19-22-25-28-30-32-33-34-35-37-38-41-44-47-50-53-56-59-62-68(71)74-65-66(64-73-67(70)61-58-55-52-49-46-43-40-27-24-21-18-15-12-9-6-3)75-69(72)63-60-57-54-51-48-45-42-39-36-31-29-26-23-20-17-14-11-8-5-2/h7-8,10-11,16-17,19-20,25-29,32-33,36,39-40,66H,4-6,9,12-15,18,21-24,30-31,34-35,37-38,41-65H2,1-3H3/b10-7-,11-8-,19-16-,20-17-,28-25-,29-26-,33-32-,39-36-,40-27-. The highest BCUT2D eigenvalue weighted by atomic mass is 16.6. The molecule has 0 fully saturated rings. The number of carbonyl (C=O) groups excluding carboxylic acids is 3. The Balaban J connectivity index is 4.40. The summed E-state index contributed by atoms with van der Waals surface area (Å²) in [4.78, 5) is 38.3. The van der Waals surface area contributed by atoms with Crippen molar-refractivity contribution in [1.29, 1.82) is 0 Å². The van der Waals surface area contributed by atoms with Gasteiger partial charge in [0.05, 0.1) is 0 Å². The highest BCUT2D eigenvalue weighted by Crippen LogP contribution is 2.15. The molecule has 0 amide bonds. The molecule has 6 heteroatoms. The zero-order valence-corrected chi connectivity index (χ0v) is 49.0. The van der Waals surface area contributed by atoms with Gasteiger partial charge in [0.2, 0.25) is 0 Å². The Hall–Kier alpha value is -3.93. The van der Waals surface area contributed by atoms with Crippen LogP contribution in [0.4, 0.5) is 0 Å². The van der Waals surface area contributed by atoms with Gasteiger partial charge in [-0.3, -0.25) is 14.4 Å². The van der Waals surface area contributed by atoms with Crippen molar-refractivity contribution < 1.29 is 28.6 Å². The van der Waals surface area contributed by atoms with Crippen molar-refractivity contribution in [1.82, 2.24) is 0 Å². The number of esters is 3. The number of ether oxygens (including phenoxy) is 3. The van der Waals surface area contributed by atoms with Gasteiger partial charge < -0.3 is 14.2 Å². The maximum absolute atomic E-state index is 12.9. The Bertz CT molecular complexity index is 1520. The summed E-state index contributed by atoms with van der Waals surface area (Å²) in [6, 6.07) is 0. The minimum absolute atomic E-state index is 0.0893. The molecule has 1 atom stereocenters. The largest absolute Gasteiger partial charge is 0.462 e. The van der Waals surface area contributed by atoms with E-state index in [1.54, 1.807) is 0 Å². The van der Waals surface area contributed by atoms with Gasteiger partial charge in [-0.2, -0.15) is 0 Å². The van der Waals surface area contributed by atoms with Gasteiger partial charge in [-0.15, -0.1) is 0 Å². The van der Waals surface area contributed by atoms with E-state index in [1.807, 2.05) is 0 Å². The summed E-state index contributed by atoms with van der Waals surface area (Å²) in [7, 11) is 0. The van der Waals surface area contributed by atoms with Gasteiger partial charge in [-0.1, -0.05) is 259 Å². The molecule has 0 aliphatic rings. The van der Waals surface area contributed by atoms with Gasteiger partial charge in [0.25, 0.3) is 0 Å². The molecule has 0 spiro atoms. The molecule has 0 heterocycles. The zero-order valence-electron chi connectivity index (χ0n) is 49.0. The fourth-order valence-electron chi connectivity index (χ4n) is 8.60. The SMILES string of the molecule is CC/C=C\C/C=C\C/C=C\C/C=C\CCCCCCCCCCCCC(=O)OCC(COC(=O)CCCCCCC/C=C\CCCCCCCC)OC(=O)CCCCCCCC/C=C\C/C=C\C/C=C\C/C=C\CC. The summed E-state index contributed by atoms with van der Waals surface area (Å²) < 4.78 is 16.9. The Morgan fingerprint density at radius 2 is 0.520 bits per heavy atom. The predicted molar refractivity (Wildman–Crippen MR) is 325 cm³/mol. The molecule has 0 aromatic heterocycles. The number of rotatable bonds is 56. The summed E-state index contributed by atoms with van der Waals surface area (Å²) in [5.41, 5.74) is 0. The fourth-order valence-corrected chi connectivity index (χ4v) is 8.60. The lowest BCUT2D eigenvalue weighted by atomic mass is 10.1. The van der Waals surface area contributed by atoms with Gasteiger partial charge in [-0.25, -0.2) is 0 Å². The van der Waals surface area contributed by atoms with E-state index in [0.717, 1.165) is 128 Å². The minimum Gasteiger partial charge on any atom is -0.462 e. The lowest BCUT2D eigenvalue weighted by molar-refractivity contribution is -0.167. The van der Waals surface area contributed by atoms with Gasteiger partial charge in [-0.05, 0) is 122 Å². The lowest BCUT2D eigenvalue weighted by Gasteiger charge is -2.18. The molecule has 428 valence electrons. The first-order valence-electron chi connectivity index (χ1n) is 31.4. The van der Waals surface area contributed by atoms with Crippen LogP contribution in [-0.2, 0) is 28.6 Å². The topological polar surface area (TPSA) is 78.9 Å². The monoisotopic (exact) mass is 1040 g/mol. The smallest absolute Gasteiger partial charge is 0.306 e. The molecule has 0 N–H and O–H groups in total. The molecule has 0 saturated heterocycles. The van der Waals surface area contributed by atoms with Crippen molar-refractivity contribution in [3.8, 4) is 0 Å². The highest BCUT2D eigenvalue weighted by molar-refractivity contribution is 5.71. The van der Waals surface area contributed by atoms with E-state index in [4.69, 9.17) is 14.2 Å². The first kappa shape index (κ1) is 71.1. The van der Waals surface area contributed by atoms with Crippen LogP contribution >= 0.6 is 0 Å². The molecule has 0 saturated carbocycles. The van der Waals surface area contributed by atoms with E-state index >= 15 is 0 Å². The second-order valence-electron chi connectivity index (χ2n) is 20.5. The van der Waals surface area contributed by atoms with E-state index in [-0.39, 0.29) is 31.1 Å². The summed E-state index contributed by atoms with van der Waals surface area (Å²) >= 11 is 0. The van der Waals surface area contributed by atoms with Crippen molar-refractivity contribution in [3.63, 3.8) is 0 Å². The Morgan fingerprint density at radius 3 is 0.827 bits per heavy atom. The number of allylic oxidation sites excluding steroid dienone is 18. The normalized spacial score (nSPS) is 12.8. The van der Waals surface area contributed by atoms with E-state index in [1.165, 1.54) is 122 Å². The van der Waals surface area contributed by atoms with Crippen molar-refractivity contribution in [2.24, 2.45) is 0 Å². The molecule has 0 aromatic rings. The Kier molecular flexibility index (Phi) is 59.3. The van der Waals surface area contributed by atoms with Crippen LogP contribution < -0.4 is 0 Å². The average Bonchev–Trinajstić information content (AvgIpc) is 3.41. The molecule has 6 nitrogen and oxygen atoms in total. The van der Waals surface area contributed by atoms with Gasteiger partial charge in [0.15, 0.2) is 6.10 Å². The van der Waals surface area contributed by atoms with Crippen LogP contribution in [-0.4, -0.2) is 37.2 Å². The van der Waals surface area contributed by atoms with Gasteiger partial charge in [0.1, 0.15) is 13.2 Å². The van der Waals surface area contributed by atoms with Gasteiger partial charge in [0, 0.05) is 19.3 Å². The molecule has 0 rings (SSSR count). The maximum Gasteiger partial charge on any atom is 0.306 e. The quantitative estimate of drug-likeness (QED) is 0.0261. The van der Waals surface area contributed by atoms with E-state index in [0.29, 0.717) is 19.3 Å². The van der Waals surface area contributed by atoms with Crippen molar-refractivity contribution in [3.05, 3.63) is 109 Å². The third kappa shape index (κ3) is 60.8. The summed E-state index contributed by atoms with van der Waals surface area (Å²) in [6.07, 6.45) is 85.1. The van der Waals surface area contributed by atoms with Crippen molar-refractivity contribution in [2.75, 3.05) is 13.2 Å². The number of hydrogen-bond acceptors (Lipinski definition) is 6. The van der Waals surface area contributed by atoms with Crippen LogP contribution in [0.1, 0.15) is 290 Å². The van der Waals surface area contributed by atoms with Crippen molar-refractivity contribution >= 4 is 17.9 Å². The minimum atomic E-state index is -0.794. The van der Waals surface area contributed by atoms with E-state index < -0.39 is 6.10 Å². The van der Waals surface area contributed by atoms with Crippen LogP contribution in [0.3, 0.4) is 0 Å². The number of hydrogen-bond donors (Lipinski definition) is 0. The molecule has 75 heavy (non-hydrogen) atoms. The predicted octanol–water partition coefficient (Wildman–Crippen LogP) is 21.4. The Morgan fingerprint density at radius 1 is 0.280 bits per heavy atom. The number of unbranched alkanes of at least 4 members (excludes halogenated alkanes) is 27. The second kappa shape index (κ2) is 62.6. The Labute approximate surface area is 463 Å². The molecule has 0 aromatic carbocycles.